The van der Waals surface area contributed by atoms with Crippen molar-refractivity contribution in [2.75, 3.05) is 18.0 Å². The molecular weight excluding hydrogens is 228 g/mol. The maximum atomic E-state index is 8.67. The molecule has 5 nitrogen and oxygen atoms in total. The van der Waals surface area contributed by atoms with Gasteiger partial charge < -0.3 is 15.8 Å². The largest absolute Gasteiger partial charge is 0.409 e. The zero-order valence-corrected chi connectivity index (χ0v) is 10.9. The van der Waals surface area contributed by atoms with E-state index in [0.717, 1.165) is 18.8 Å². The molecule has 0 aromatic carbocycles. The van der Waals surface area contributed by atoms with E-state index in [1.165, 1.54) is 12.8 Å². The Balaban J connectivity index is 2.15. The Labute approximate surface area is 107 Å². The Kier molecular flexibility index (Phi) is 3.41. The highest BCUT2D eigenvalue weighted by molar-refractivity contribution is 5.95. The lowest BCUT2D eigenvalue weighted by atomic mass is 9.82. The summed E-state index contributed by atoms with van der Waals surface area (Å²) in [6.45, 7) is 6.68. The highest BCUT2D eigenvalue weighted by Crippen LogP contribution is 2.32. The minimum atomic E-state index is 0.0502. The summed E-state index contributed by atoms with van der Waals surface area (Å²) in [6, 6.07) is 3.83. The van der Waals surface area contributed by atoms with Gasteiger partial charge in [0, 0.05) is 25.0 Å². The van der Waals surface area contributed by atoms with Crippen molar-refractivity contribution in [3.8, 4) is 0 Å². The van der Waals surface area contributed by atoms with Crippen LogP contribution in [0.25, 0.3) is 0 Å². The molecule has 0 unspecified atom stereocenters. The van der Waals surface area contributed by atoms with E-state index >= 15 is 0 Å². The smallest absolute Gasteiger partial charge is 0.188 e. The van der Waals surface area contributed by atoms with Gasteiger partial charge in [-0.15, -0.1) is 0 Å². The number of amidine groups is 1. The van der Waals surface area contributed by atoms with Crippen LogP contribution in [-0.4, -0.2) is 29.1 Å². The molecule has 3 N–H and O–H groups in total. The van der Waals surface area contributed by atoms with Crippen molar-refractivity contribution < 1.29 is 5.21 Å². The SMILES string of the molecule is CC1(C)CCN(c2ccnc(C(N)=NO)c2)CC1. The molecular formula is C13H20N4O. The molecule has 1 aliphatic rings. The van der Waals surface area contributed by atoms with Crippen LogP contribution in [0.5, 0.6) is 0 Å². The Morgan fingerprint density at radius 2 is 2.11 bits per heavy atom. The van der Waals surface area contributed by atoms with Gasteiger partial charge in [0.05, 0.1) is 0 Å². The van der Waals surface area contributed by atoms with Crippen LogP contribution in [0.1, 0.15) is 32.4 Å². The molecule has 0 radical (unpaired) electrons. The van der Waals surface area contributed by atoms with Gasteiger partial charge in [-0.3, -0.25) is 4.98 Å². The van der Waals surface area contributed by atoms with Crippen molar-refractivity contribution in [2.45, 2.75) is 26.7 Å². The molecule has 1 fully saturated rings. The van der Waals surface area contributed by atoms with Gasteiger partial charge in [0.1, 0.15) is 5.69 Å². The first-order valence-corrected chi connectivity index (χ1v) is 6.21. The van der Waals surface area contributed by atoms with Crippen LogP contribution in [0.15, 0.2) is 23.5 Å². The van der Waals surface area contributed by atoms with Gasteiger partial charge in [-0.05, 0) is 30.4 Å². The first-order valence-electron chi connectivity index (χ1n) is 6.21. The van der Waals surface area contributed by atoms with Crippen LogP contribution in [0.4, 0.5) is 5.69 Å². The molecule has 2 rings (SSSR count). The zero-order chi connectivity index (χ0) is 13.2. The Morgan fingerprint density at radius 1 is 1.44 bits per heavy atom. The summed E-state index contributed by atoms with van der Waals surface area (Å²) in [5.41, 5.74) is 7.58. The summed E-state index contributed by atoms with van der Waals surface area (Å²) in [4.78, 5) is 6.41. The third kappa shape index (κ3) is 2.72. The lowest BCUT2D eigenvalue weighted by molar-refractivity contribution is 0.280. The zero-order valence-electron chi connectivity index (χ0n) is 10.9. The van der Waals surface area contributed by atoms with Crippen molar-refractivity contribution in [2.24, 2.45) is 16.3 Å². The molecule has 1 aromatic rings. The quantitative estimate of drug-likeness (QED) is 0.362. The fourth-order valence-electron chi connectivity index (χ4n) is 2.18. The highest BCUT2D eigenvalue weighted by atomic mass is 16.4. The lowest BCUT2D eigenvalue weighted by Gasteiger charge is -2.38. The number of pyridine rings is 1. The van der Waals surface area contributed by atoms with E-state index < -0.39 is 0 Å². The van der Waals surface area contributed by atoms with E-state index in [2.05, 4.69) is 28.9 Å². The molecule has 1 aliphatic heterocycles. The number of oxime groups is 1. The van der Waals surface area contributed by atoms with E-state index in [1.54, 1.807) is 6.20 Å². The molecule has 0 amide bonds. The number of rotatable bonds is 2. The van der Waals surface area contributed by atoms with Crippen LogP contribution in [0.2, 0.25) is 0 Å². The average molecular weight is 248 g/mol. The second kappa shape index (κ2) is 4.84. The first kappa shape index (κ1) is 12.7. The predicted octanol–water partition coefficient (Wildman–Crippen LogP) is 1.80. The van der Waals surface area contributed by atoms with E-state index in [-0.39, 0.29) is 5.84 Å². The fraction of sp³-hybridized carbons (Fsp3) is 0.538. The van der Waals surface area contributed by atoms with Crippen LogP contribution >= 0.6 is 0 Å². The van der Waals surface area contributed by atoms with E-state index in [1.807, 2.05) is 12.1 Å². The Hall–Kier alpha value is -1.78. The third-order valence-corrected chi connectivity index (χ3v) is 3.60. The van der Waals surface area contributed by atoms with Crippen LogP contribution < -0.4 is 10.6 Å². The molecule has 1 saturated heterocycles. The maximum Gasteiger partial charge on any atom is 0.188 e. The summed E-state index contributed by atoms with van der Waals surface area (Å²) in [5.74, 6) is 0.0502. The molecule has 0 atom stereocenters. The third-order valence-electron chi connectivity index (χ3n) is 3.60. The predicted molar refractivity (Wildman–Crippen MR) is 72.0 cm³/mol. The number of hydrogen-bond acceptors (Lipinski definition) is 4. The minimum absolute atomic E-state index is 0.0502. The summed E-state index contributed by atoms with van der Waals surface area (Å²) in [5, 5.41) is 11.6. The standard InChI is InChI=1S/C13H20N4O/c1-13(2)4-7-17(8-5-13)10-3-6-15-11(9-10)12(14)16-18/h3,6,9,18H,4-5,7-8H2,1-2H3,(H2,14,16). The number of hydrogen-bond donors (Lipinski definition) is 2. The van der Waals surface area contributed by atoms with Gasteiger partial charge in [0.2, 0.25) is 0 Å². The second-order valence-electron chi connectivity index (χ2n) is 5.54. The summed E-state index contributed by atoms with van der Waals surface area (Å²) < 4.78 is 0. The van der Waals surface area contributed by atoms with Crippen LogP contribution in [-0.2, 0) is 0 Å². The Bertz CT molecular complexity index is 446. The van der Waals surface area contributed by atoms with Crippen molar-refractivity contribution in [1.29, 1.82) is 0 Å². The van der Waals surface area contributed by atoms with Gasteiger partial charge in [0.15, 0.2) is 5.84 Å². The van der Waals surface area contributed by atoms with E-state index in [9.17, 15) is 0 Å². The topological polar surface area (TPSA) is 74.7 Å². The normalized spacial score (nSPS) is 19.9. The monoisotopic (exact) mass is 248 g/mol. The molecule has 5 heteroatoms. The molecule has 98 valence electrons. The van der Waals surface area contributed by atoms with Gasteiger partial charge in [-0.1, -0.05) is 19.0 Å². The van der Waals surface area contributed by atoms with E-state index in [0.29, 0.717) is 11.1 Å². The number of aromatic nitrogens is 1. The number of anilines is 1. The number of nitrogens with two attached hydrogens (primary N) is 1. The highest BCUT2D eigenvalue weighted by Gasteiger charge is 2.25. The molecule has 18 heavy (non-hydrogen) atoms. The summed E-state index contributed by atoms with van der Waals surface area (Å²) in [6.07, 6.45) is 4.05. The first-order chi connectivity index (χ1) is 8.52. The Morgan fingerprint density at radius 3 is 2.72 bits per heavy atom. The molecule has 1 aromatic heterocycles. The molecule has 0 aliphatic carbocycles. The van der Waals surface area contributed by atoms with Crippen LogP contribution in [0, 0.1) is 5.41 Å². The van der Waals surface area contributed by atoms with Crippen molar-refractivity contribution in [3.63, 3.8) is 0 Å². The van der Waals surface area contributed by atoms with Crippen molar-refractivity contribution in [1.82, 2.24) is 4.98 Å². The van der Waals surface area contributed by atoms with Gasteiger partial charge in [-0.25, -0.2) is 0 Å². The average Bonchev–Trinajstić information content (AvgIpc) is 2.38. The maximum absolute atomic E-state index is 8.67. The van der Waals surface area contributed by atoms with Gasteiger partial charge in [-0.2, -0.15) is 0 Å². The van der Waals surface area contributed by atoms with E-state index in [4.69, 9.17) is 10.9 Å². The molecule has 0 saturated carbocycles. The number of piperidine rings is 1. The van der Waals surface area contributed by atoms with Gasteiger partial charge >= 0.3 is 0 Å². The fourth-order valence-corrected chi connectivity index (χ4v) is 2.18. The lowest BCUT2D eigenvalue weighted by Crippen LogP contribution is -2.37. The molecule has 0 bridgehead atoms. The summed E-state index contributed by atoms with van der Waals surface area (Å²) in [7, 11) is 0. The van der Waals surface area contributed by atoms with Crippen LogP contribution in [0.3, 0.4) is 0 Å². The summed E-state index contributed by atoms with van der Waals surface area (Å²) >= 11 is 0. The second-order valence-corrected chi connectivity index (χ2v) is 5.54. The van der Waals surface area contributed by atoms with Crippen molar-refractivity contribution in [3.05, 3.63) is 24.0 Å². The minimum Gasteiger partial charge on any atom is -0.409 e. The number of nitrogens with zero attached hydrogens (tertiary/aromatic N) is 3. The van der Waals surface area contributed by atoms with Crippen molar-refractivity contribution >= 4 is 11.5 Å². The van der Waals surface area contributed by atoms with Gasteiger partial charge in [0.25, 0.3) is 0 Å². The molecule has 2 heterocycles. The molecule has 0 spiro atoms.